The topological polar surface area (TPSA) is 69.6 Å². The van der Waals surface area contributed by atoms with Crippen molar-refractivity contribution in [2.24, 2.45) is 5.92 Å². The fraction of sp³-hybridized carbons (Fsp3) is 0.818. The normalized spacial score (nSPS) is 24.2. The first-order valence-electron chi connectivity index (χ1n) is 5.65. The monoisotopic (exact) mass is 228 g/mol. The van der Waals surface area contributed by atoms with Gasteiger partial charge in [-0.05, 0) is 25.2 Å². The van der Waals surface area contributed by atoms with E-state index in [0.717, 1.165) is 19.3 Å². The third kappa shape index (κ3) is 4.18. The maximum atomic E-state index is 11.4. The SMILES string of the molecule is CC(=O)N(C)CC(=O)NCC1CCC(O)C1. The molecule has 0 saturated heterocycles. The summed E-state index contributed by atoms with van der Waals surface area (Å²) in [5.74, 6) is 0.118. The molecule has 0 radical (unpaired) electrons. The van der Waals surface area contributed by atoms with Gasteiger partial charge in [-0.2, -0.15) is 0 Å². The highest BCUT2D eigenvalue weighted by Crippen LogP contribution is 2.24. The number of carbonyl (C=O) groups is 2. The first-order valence-corrected chi connectivity index (χ1v) is 5.65. The number of nitrogens with zero attached hydrogens (tertiary/aromatic N) is 1. The zero-order chi connectivity index (χ0) is 12.1. The highest BCUT2D eigenvalue weighted by molar-refractivity contribution is 5.83. The molecule has 2 atom stereocenters. The van der Waals surface area contributed by atoms with E-state index in [4.69, 9.17) is 0 Å². The molecule has 5 heteroatoms. The summed E-state index contributed by atoms with van der Waals surface area (Å²) in [4.78, 5) is 23.7. The van der Waals surface area contributed by atoms with Crippen molar-refractivity contribution in [3.63, 3.8) is 0 Å². The molecule has 1 saturated carbocycles. The molecule has 0 aliphatic heterocycles. The van der Waals surface area contributed by atoms with E-state index in [1.165, 1.54) is 11.8 Å². The lowest BCUT2D eigenvalue weighted by atomic mass is 10.1. The zero-order valence-corrected chi connectivity index (χ0v) is 9.90. The second-order valence-corrected chi connectivity index (χ2v) is 4.51. The van der Waals surface area contributed by atoms with Crippen LogP contribution in [-0.4, -0.2) is 48.1 Å². The van der Waals surface area contributed by atoms with Gasteiger partial charge in [0.05, 0.1) is 12.6 Å². The van der Waals surface area contributed by atoms with E-state index < -0.39 is 0 Å². The molecule has 1 aliphatic carbocycles. The van der Waals surface area contributed by atoms with Crippen LogP contribution in [0.4, 0.5) is 0 Å². The molecule has 2 N–H and O–H groups in total. The first kappa shape index (κ1) is 13.0. The molecule has 0 spiro atoms. The van der Waals surface area contributed by atoms with Crippen LogP contribution in [0.25, 0.3) is 0 Å². The van der Waals surface area contributed by atoms with E-state index in [-0.39, 0.29) is 24.5 Å². The van der Waals surface area contributed by atoms with Crippen LogP contribution < -0.4 is 5.32 Å². The highest BCUT2D eigenvalue weighted by atomic mass is 16.3. The quantitative estimate of drug-likeness (QED) is 0.696. The van der Waals surface area contributed by atoms with Gasteiger partial charge in [0.1, 0.15) is 0 Å². The van der Waals surface area contributed by atoms with E-state index in [0.29, 0.717) is 12.5 Å². The Balaban J connectivity index is 2.17. The molecule has 0 bridgehead atoms. The average molecular weight is 228 g/mol. The Morgan fingerprint density at radius 1 is 1.44 bits per heavy atom. The molecular weight excluding hydrogens is 208 g/mol. The summed E-state index contributed by atoms with van der Waals surface area (Å²) in [6.45, 7) is 2.13. The van der Waals surface area contributed by atoms with Gasteiger partial charge in [-0.3, -0.25) is 9.59 Å². The minimum atomic E-state index is -0.207. The van der Waals surface area contributed by atoms with Crippen LogP contribution >= 0.6 is 0 Å². The minimum Gasteiger partial charge on any atom is -0.393 e. The third-order valence-electron chi connectivity index (χ3n) is 3.02. The standard InChI is InChI=1S/C11H20N2O3/c1-8(14)13(2)7-11(16)12-6-9-3-4-10(15)5-9/h9-10,15H,3-7H2,1-2H3,(H,12,16). The fourth-order valence-electron chi connectivity index (χ4n) is 1.87. The maximum Gasteiger partial charge on any atom is 0.239 e. The minimum absolute atomic E-state index is 0.102. The van der Waals surface area contributed by atoms with E-state index in [2.05, 4.69) is 5.32 Å². The van der Waals surface area contributed by atoms with Crippen molar-refractivity contribution in [2.45, 2.75) is 32.3 Å². The van der Waals surface area contributed by atoms with Crippen LogP contribution in [-0.2, 0) is 9.59 Å². The largest absolute Gasteiger partial charge is 0.393 e. The Bertz CT molecular complexity index is 268. The summed E-state index contributed by atoms with van der Waals surface area (Å²) in [5, 5.41) is 12.1. The number of carbonyl (C=O) groups excluding carboxylic acids is 2. The molecule has 1 rings (SSSR count). The molecule has 1 aliphatic rings. The van der Waals surface area contributed by atoms with Crippen molar-refractivity contribution in [2.75, 3.05) is 20.1 Å². The summed E-state index contributed by atoms with van der Waals surface area (Å²) < 4.78 is 0. The number of rotatable bonds is 4. The van der Waals surface area contributed by atoms with Crippen LogP contribution in [0.15, 0.2) is 0 Å². The number of likely N-dealkylation sites (N-methyl/N-ethyl adjacent to an activating group) is 1. The van der Waals surface area contributed by atoms with Crippen LogP contribution in [0.3, 0.4) is 0 Å². The number of hydrogen-bond donors (Lipinski definition) is 2. The second kappa shape index (κ2) is 5.84. The summed E-state index contributed by atoms with van der Waals surface area (Å²) in [6.07, 6.45) is 2.35. The van der Waals surface area contributed by atoms with Crippen molar-refractivity contribution in [3.8, 4) is 0 Å². The molecule has 2 amide bonds. The summed E-state index contributed by atoms with van der Waals surface area (Å²) in [6, 6.07) is 0. The van der Waals surface area contributed by atoms with Gasteiger partial charge in [0.15, 0.2) is 0 Å². The van der Waals surface area contributed by atoms with Crippen LogP contribution in [0.2, 0.25) is 0 Å². The van der Waals surface area contributed by atoms with Crippen molar-refractivity contribution in [1.82, 2.24) is 10.2 Å². The first-order chi connectivity index (χ1) is 7.49. The number of aliphatic hydroxyl groups is 1. The van der Waals surface area contributed by atoms with Gasteiger partial charge < -0.3 is 15.3 Å². The van der Waals surface area contributed by atoms with E-state index in [1.54, 1.807) is 7.05 Å². The second-order valence-electron chi connectivity index (χ2n) is 4.51. The molecule has 0 aromatic heterocycles. The molecule has 0 heterocycles. The lowest BCUT2D eigenvalue weighted by molar-refractivity contribution is -0.133. The number of nitrogens with one attached hydrogen (secondary N) is 1. The van der Waals surface area contributed by atoms with E-state index >= 15 is 0 Å². The van der Waals surface area contributed by atoms with Gasteiger partial charge in [-0.15, -0.1) is 0 Å². The molecule has 0 aromatic rings. The molecule has 92 valence electrons. The molecule has 16 heavy (non-hydrogen) atoms. The molecule has 2 unspecified atom stereocenters. The van der Waals surface area contributed by atoms with Crippen molar-refractivity contribution in [1.29, 1.82) is 0 Å². The Morgan fingerprint density at radius 2 is 2.12 bits per heavy atom. The summed E-state index contributed by atoms with van der Waals surface area (Å²) >= 11 is 0. The van der Waals surface area contributed by atoms with Crippen molar-refractivity contribution >= 4 is 11.8 Å². The lowest BCUT2D eigenvalue weighted by Crippen LogP contribution is -2.39. The summed E-state index contributed by atoms with van der Waals surface area (Å²) in [7, 11) is 1.60. The lowest BCUT2D eigenvalue weighted by Gasteiger charge is -2.16. The average Bonchev–Trinajstić information content (AvgIpc) is 2.61. The Labute approximate surface area is 95.8 Å². The van der Waals surface area contributed by atoms with Crippen molar-refractivity contribution in [3.05, 3.63) is 0 Å². The molecule has 1 fully saturated rings. The highest BCUT2D eigenvalue weighted by Gasteiger charge is 2.23. The van der Waals surface area contributed by atoms with Crippen molar-refractivity contribution < 1.29 is 14.7 Å². The number of hydrogen-bond acceptors (Lipinski definition) is 3. The third-order valence-corrected chi connectivity index (χ3v) is 3.02. The van der Waals surface area contributed by atoms with E-state index in [9.17, 15) is 14.7 Å². The Kier molecular flexibility index (Phi) is 4.73. The van der Waals surface area contributed by atoms with Gasteiger partial charge in [0.25, 0.3) is 0 Å². The molecule has 0 aromatic carbocycles. The number of amides is 2. The van der Waals surface area contributed by atoms with Crippen LogP contribution in [0, 0.1) is 5.92 Å². The van der Waals surface area contributed by atoms with Gasteiger partial charge in [0.2, 0.25) is 11.8 Å². The van der Waals surface area contributed by atoms with Crippen LogP contribution in [0.1, 0.15) is 26.2 Å². The van der Waals surface area contributed by atoms with Gasteiger partial charge in [0, 0.05) is 20.5 Å². The fourth-order valence-corrected chi connectivity index (χ4v) is 1.87. The maximum absolute atomic E-state index is 11.4. The smallest absolute Gasteiger partial charge is 0.239 e. The number of aliphatic hydroxyl groups excluding tert-OH is 1. The molecule has 5 nitrogen and oxygen atoms in total. The predicted octanol–water partition coefficient (Wildman–Crippen LogP) is -0.258. The Hall–Kier alpha value is -1.10. The summed E-state index contributed by atoms with van der Waals surface area (Å²) in [5.41, 5.74) is 0. The van der Waals surface area contributed by atoms with Crippen LogP contribution in [0.5, 0.6) is 0 Å². The van der Waals surface area contributed by atoms with Gasteiger partial charge in [-0.1, -0.05) is 0 Å². The Morgan fingerprint density at radius 3 is 2.62 bits per heavy atom. The van der Waals surface area contributed by atoms with E-state index in [1.807, 2.05) is 0 Å². The molecular formula is C11H20N2O3. The van der Waals surface area contributed by atoms with Gasteiger partial charge in [-0.25, -0.2) is 0 Å². The van der Waals surface area contributed by atoms with Gasteiger partial charge >= 0.3 is 0 Å². The predicted molar refractivity (Wildman–Crippen MR) is 59.7 cm³/mol. The zero-order valence-electron chi connectivity index (χ0n) is 9.90.